The van der Waals surface area contributed by atoms with E-state index in [9.17, 15) is 0 Å². The van der Waals surface area contributed by atoms with Gasteiger partial charge >= 0.3 is 0 Å². The van der Waals surface area contributed by atoms with Crippen LogP contribution in [-0.2, 0) is 0 Å². The summed E-state index contributed by atoms with van der Waals surface area (Å²) in [5, 5.41) is 0.736. The zero-order valence-corrected chi connectivity index (χ0v) is 12.3. The molecule has 4 heteroatoms. The van der Waals surface area contributed by atoms with Gasteiger partial charge in [-0.05, 0) is 47.5 Å². The molecule has 22 heavy (non-hydrogen) atoms. The third-order valence-corrected chi connectivity index (χ3v) is 3.73. The van der Waals surface area contributed by atoms with Gasteiger partial charge in [0.15, 0.2) is 0 Å². The van der Waals surface area contributed by atoms with Crippen LogP contribution in [0.15, 0.2) is 71.3 Å². The number of hydrogen-bond donors (Lipinski definition) is 0. The number of benzene rings is 2. The van der Waals surface area contributed by atoms with Crippen molar-refractivity contribution in [1.29, 1.82) is 0 Å². The van der Waals surface area contributed by atoms with Crippen molar-refractivity contribution in [3.05, 3.63) is 71.9 Å². The SMILES string of the molecule is Clc1ccc(-c2ccc(-c3nc4cccnc4o3)cc2)cc1. The van der Waals surface area contributed by atoms with Crippen molar-refractivity contribution < 1.29 is 4.42 Å². The molecule has 3 nitrogen and oxygen atoms in total. The molecule has 0 saturated carbocycles. The minimum Gasteiger partial charge on any atom is -0.418 e. The van der Waals surface area contributed by atoms with Crippen molar-refractivity contribution in [2.45, 2.75) is 0 Å². The molecular formula is C18H11ClN2O. The second kappa shape index (κ2) is 5.28. The number of halogens is 1. The van der Waals surface area contributed by atoms with E-state index >= 15 is 0 Å². The Morgan fingerprint density at radius 3 is 2.09 bits per heavy atom. The Morgan fingerprint density at radius 2 is 1.41 bits per heavy atom. The first kappa shape index (κ1) is 13.0. The molecule has 0 bridgehead atoms. The smallest absolute Gasteiger partial charge is 0.247 e. The summed E-state index contributed by atoms with van der Waals surface area (Å²) in [4.78, 5) is 8.61. The Kier molecular flexibility index (Phi) is 3.13. The second-order valence-corrected chi connectivity index (χ2v) is 5.37. The number of hydrogen-bond acceptors (Lipinski definition) is 3. The van der Waals surface area contributed by atoms with Crippen LogP contribution >= 0.6 is 11.6 Å². The van der Waals surface area contributed by atoms with Crippen LogP contribution in [0.3, 0.4) is 0 Å². The van der Waals surface area contributed by atoms with Gasteiger partial charge in [-0.1, -0.05) is 35.9 Å². The molecule has 0 spiro atoms. The van der Waals surface area contributed by atoms with Gasteiger partial charge in [-0.3, -0.25) is 0 Å². The van der Waals surface area contributed by atoms with Crippen LogP contribution in [0.25, 0.3) is 33.8 Å². The molecule has 2 aromatic carbocycles. The number of oxazole rings is 1. The molecule has 106 valence electrons. The lowest BCUT2D eigenvalue weighted by Crippen LogP contribution is -1.80. The molecule has 0 aliphatic rings. The molecule has 0 atom stereocenters. The van der Waals surface area contributed by atoms with Crippen LogP contribution in [0.5, 0.6) is 0 Å². The van der Waals surface area contributed by atoms with E-state index in [0.29, 0.717) is 11.6 Å². The van der Waals surface area contributed by atoms with Gasteiger partial charge in [0.05, 0.1) is 0 Å². The molecule has 2 aromatic heterocycles. The summed E-state index contributed by atoms with van der Waals surface area (Å²) in [6.45, 7) is 0. The van der Waals surface area contributed by atoms with E-state index in [-0.39, 0.29) is 0 Å². The average Bonchev–Trinajstić information content (AvgIpc) is 3.00. The fraction of sp³-hybridized carbons (Fsp3) is 0. The molecule has 2 heterocycles. The number of aromatic nitrogens is 2. The Morgan fingerprint density at radius 1 is 0.773 bits per heavy atom. The summed E-state index contributed by atoms with van der Waals surface area (Å²) >= 11 is 5.92. The Balaban J connectivity index is 1.70. The van der Waals surface area contributed by atoms with Crippen LogP contribution in [0.2, 0.25) is 5.02 Å². The van der Waals surface area contributed by atoms with Gasteiger partial charge in [0.25, 0.3) is 0 Å². The highest BCUT2D eigenvalue weighted by molar-refractivity contribution is 6.30. The maximum absolute atomic E-state index is 5.92. The van der Waals surface area contributed by atoms with E-state index < -0.39 is 0 Å². The molecule has 0 radical (unpaired) electrons. The summed E-state index contributed by atoms with van der Waals surface area (Å²) in [6, 6.07) is 19.6. The molecule has 4 rings (SSSR count). The number of rotatable bonds is 2. The first-order chi connectivity index (χ1) is 10.8. The van der Waals surface area contributed by atoms with E-state index in [0.717, 1.165) is 27.2 Å². The normalized spacial score (nSPS) is 11.0. The van der Waals surface area contributed by atoms with Crippen LogP contribution < -0.4 is 0 Å². The van der Waals surface area contributed by atoms with Crippen molar-refractivity contribution in [2.75, 3.05) is 0 Å². The van der Waals surface area contributed by atoms with Crippen molar-refractivity contribution in [2.24, 2.45) is 0 Å². The topological polar surface area (TPSA) is 38.9 Å². The monoisotopic (exact) mass is 306 g/mol. The molecule has 0 saturated heterocycles. The number of fused-ring (bicyclic) bond motifs is 1. The van der Waals surface area contributed by atoms with Crippen LogP contribution in [0.1, 0.15) is 0 Å². The third kappa shape index (κ3) is 2.36. The first-order valence-corrected chi connectivity index (χ1v) is 7.25. The van der Waals surface area contributed by atoms with Gasteiger partial charge in [0, 0.05) is 16.8 Å². The summed E-state index contributed by atoms with van der Waals surface area (Å²) in [5.74, 6) is 0.580. The molecule has 0 unspecified atom stereocenters. The summed E-state index contributed by atoms with van der Waals surface area (Å²) in [6.07, 6.45) is 1.70. The summed E-state index contributed by atoms with van der Waals surface area (Å²) in [7, 11) is 0. The fourth-order valence-corrected chi connectivity index (χ4v) is 2.47. The van der Waals surface area contributed by atoms with Gasteiger partial charge in [0.2, 0.25) is 11.6 Å². The standard InChI is InChI=1S/C18H11ClN2O/c19-15-9-7-13(8-10-15)12-3-5-14(6-4-12)17-21-16-2-1-11-20-18(16)22-17/h1-11H. The van der Waals surface area contributed by atoms with Crippen molar-refractivity contribution in [3.8, 4) is 22.6 Å². The first-order valence-electron chi connectivity index (χ1n) is 6.87. The van der Waals surface area contributed by atoms with Crippen LogP contribution in [-0.4, -0.2) is 9.97 Å². The zero-order valence-electron chi connectivity index (χ0n) is 11.5. The summed E-state index contributed by atoms with van der Waals surface area (Å²) in [5.41, 5.74) is 4.49. The third-order valence-electron chi connectivity index (χ3n) is 3.48. The highest BCUT2D eigenvalue weighted by atomic mass is 35.5. The summed E-state index contributed by atoms with van der Waals surface area (Å²) < 4.78 is 5.68. The molecule has 0 fully saturated rings. The average molecular weight is 307 g/mol. The van der Waals surface area contributed by atoms with Crippen molar-refractivity contribution >= 4 is 22.8 Å². The van der Waals surface area contributed by atoms with Crippen molar-refractivity contribution in [3.63, 3.8) is 0 Å². The Labute approximate surface area is 132 Å². The van der Waals surface area contributed by atoms with E-state index in [2.05, 4.69) is 9.97 Å². The molecule has 0 aliphatic carbocycles. The minimum atomic E-state index is 0.555. The molecule has 0 amide bonds. The number of nitrogens with zero attached hydrogens (tertiary/aromatic N) is 2. The van der Waals surface area contributed by atoms with Gasteiger partial charge in [-0.25, -0.2) is 9.97 Å². The second-order valence-electron chi connectivity index (χ2n) is 4.93. The predicted molar refractivity (Wildman–Crippen MR) is 87.7 cm³/mol. The molecule has 4 aromatic rings. The highest BCUT2D eigenvalue weighted by Gasteiger charge is 2.08. The Bertz CT molecular complexity index is 894. The van der Waals surface area contributed by atoms with Gasteiger partial charge in [-0.2, -0.15) is 0 Å². The minimum absolute atomic E-state index is 0.555. The van der Waals surface area contributed by atoms with Gasteiger partial charge in [-0.15, -0.1) is 0 Å². The van der Waals surface area contributed by atoms with E-state index in [1.807, 2.05) is 60.7 Å². The van der Waals surface area contributed by atoms with Gasteiger partial charge in [0.1, 0.15) is 5.52 Å². The van der Waals surface area contributed by atoms with Crippen LogP contribution in [0.4, 0.5) is 0 Å². The Hall–Kier alpha value is -2.65. The lowest BCUT2D eigenvalue weighted by molar-refractivity contribution is 0.608. The quantitative estimate of drug-likeness (QED) is 0.510. The molecule has 0 aliphatic heterocycles. The predicted octanol–water partition coefficient (Wildman–Crippen LogP) is 5.21. The van der Waals surface area contributed by atoms with Gasteiger partial charge < -0.3 is 4.42 Å². The van der Waals surface area contributed by atoms with E-state index in [1.54, 1.807) is 6.20 Å². The number of pyridine rings is 1. The maximum Gasteiger partial charge on any atom is 0.247 e. The van der Waals surface area contributed by atoms with E-state index in [1.165, 1.54) is 0 Å². The maximum atomic E-state index is 5.92. The molecule has 0 N–H and O–H groups in total. The highest BCUT2D eigenvalue weighted by Crippen LogP contribution is 2.27. The fourth-order valence-electron chi connectivity index (χ4n) is 2.34. The lowest BCUT2D eigenvalue weighted by atomic mass is 10.0. The largest absolute Gasteiger partial charge is 0.418 e. The van der Waals surface area contributed by atoms with Crippen molar-refractivity contribution in [1.82, 2.24) is 9.97 Å². The molecular weight excluding hydrogens is 296 g/mol. The van der Waals surface area contributed by atoms with E-state index in [4.69, 9.17) is 16.0 Å². The lowest BCUT2D eigenvalue weighted by Gasteiger charge is -2.02. The zero-order chi connectivity index (χ0) is 14.9. The van der Waals surface area contributed by atoms with Crippen LogP contribution in [0, 0.1) is 0 Å².